The second-order valence-electron chi connectivity index (χ2n) is 8.62. The number of hydrogen-bond acceptors (Lipinski definition) is 6. The number of nitrogens with one attached hydrogen (secondary N) is 1. The second kappa shape index (κ2) is 8.30. The number of aryl methyl sites for hydroxylation is 1. The third-order valence-electron chi connectivity index (χ3n) is 6.37. The van der Waals surface area contributed by atoms with Crippen molar-refractivity contribution < 1.29 is 22.4 Å². The Hall–Kier alpha value is -3.63. The van der Waals surface area contributed by atoms with Crippen LogP contribution < -0.4 is 5.32 Å². The van der Waals surface area contributed by atoms with Crippen molar-refractivity contribution in [1.82, 2.24) is 24.8 Å². The Balaban J connectivity index is 1.38. The number of amides is 1. The van der Waals surface area contributed by atoms with Crippen LogP contribution in [0.3, 0.4) is 0 Å². The fraction of sp³-hybridized carbons (Fsp3) is 0.348. The van der Waals surface area contributed by atoms with Crippen molar-refractivity contribution in [2.24, 2.45) is 5.92 Å². The summed E-state index contributed by atoms with van der Waals surface area (Å²) in [5.74, 6) is -0.0709. The summed E-state index contributed by atoms with van der Waals surface area (Å²) in [6.07, 6.45) is 1.52. The van der Waals surface area contributed by atoms with E-state index in [1.807, 2.05) is 0 Å². The molecule has 34 heavy (non-hydrogen) atoms. The SMILES string of the molecule is Cc1ccnc(C(=O)N2C[C@H]3C[C@@H](Nc4ccc(C(F)(F)F)cn4)[C@@H]2C3)c1-c1ncc(F)cn1. The first-order valence-corrected chi connectivity index (χ1v) is 10.7. The molecule has 1 aliphatic carbocycles. The highest BCUT2D eigenvalue weighted by molar-refractivity contribution is 5.99. The standard InChI is InChI=1S/C23H20F4N6O/c1-12-4-5-28-20(19(12)21-30-9-15(24)10-31-21)22(34)33-11-13-6-16(17(33)7-13)32-18-3-2-14(8-29-18)23(25,26)27/h2-5,8-10,13,16-17H,6-7,11H2,1H3,(H,29,32)/t13-,16+,17-/m0/s1. The molecule has 1 aliphatic heterocycles. The lowest BCUT2D eigenvalue weighted by Gasteiger charge is -2.34. The second-order valence-corrected chi connectivity index (χ2v) is 8.62. The van der Waals surface area contributed by atoms with Crippen LogP contribution in [0.4, 0.5) is 23.4 Å². The maximum atomic E-state index is 13.6. The average Bonchev–Trinajstić information content (AvgIpc) is 3.40. The van der Waals surface area contributed by atoms with Gasteiger partial charge in [-0.15, -0.1) is 0 Å². The van der Waals surface area contributed by atoms with Crippen LogP contribution in [0.15, 0.2) is 43.0 Å². The van der Waals surface area contributed by atoms with E-state index in [-0.39, 0.29) is 35.4 Å². The van der Waals surface area contributed by atoms with E-state index in [1.54, 1.807) is 17.9 Å². The van der Waals surface area contributed by atoms with Crippen LogP contribution in [0, 0.1) is 18.7 Å². The predicted octanol–water partition coefficient (Wildman–Crippen LogP) is 4.12. The van der Waals surface area contributed by atoms with Crippen molar-refractivity contribution in [2.45, 2.75) is 38.0 Å². The van der Waals surface area contributed by atoms with Gasteiger partial charge in [0.05, 0.1) is 29.6 Å². The van der Waals surface area contributed by atoms with Gasteiger partial charge in [-0.3, -0.25) is 9.78 Å². The minimum atomic E-state index is -4.45. The van der Waals surface area contributed by atoms with E-state index < -0.39 is 17.6 Å². The highest BCUT2D eigenvalue weighted by Gasteiger charge is 2.48. The molecule has 5 rings (SSSR count). The molecule has 2 fully saturated rings. The Morgan fingerprint density at radius 3 is 2.47 bits per heavy atom. The van der Waals surface area contributed by atoms with Crippen molar-refractivity contribution in [3.63, 3.8) is 0 Å². The van der Waals surface area contributed by atoms with E-state index in [2.05, 4.69) is 25.3 Å². The number of nitrogens with zero attached hydrogens (tertiary/aromatic N) is 5. The summed E-state index contributed by atoms with van der Waals surface area (Å²) in [6, 6.07) is 3.70. The molecule has 3 atom stereocenters. The highest BCUT2D eigenvalue weighted by atomic mass is 19.4. The Bertz CT molecular complexity index is 1220. The third-order valence-corrected chi connectivity index (χ3v) is 6.37. The maximum absolute atomic E-state index is 13.6. The van der Waals surface area contributed by atoms with Crippen LogP contribution >= 0.6 is 0 Å². The topological polar surface area (TPSA) is 83.9 Å². The number of rotatable bonds is 4. The van der Waals surface area contributed by atoms with Crippen molar-refractivity contribution >= 4 is 11.7 Å². The minimum Gasteiger partial charge on any atom is -0.365 e. The number of halogens is 4. The Morgan fingerprint density at radius 1 is 1.06 bits per heavy atom. The molecule has 3 aromatic heterocycles. The number of carbonyl (C=O) groups excluding carboxylic acids is 1. The number of likely N-dealkylation sites (tertiary alicyclic amines) is 1. The molecule has 0 unspecified atom stereocenters. The first kappa shape index (κ1) is 22.2. The van der Waals surface area contributed by atoms with Gasteiger partial charge >= 0.3 is 6.18 Å². The molecule has 176 valence electrons. The zero-order chi connectivity index (χ0) is 24.0. The number of pyridine rings is 2. The van der Waals surface area contributed by atoms with Gasteiger partial charge in [-0.2, -0.15) is 13.2 Å². The fourth-order valence-corrected chi connectivity index (χ4v) is 4.83. The molecule has 0 radical (unpaired) electrons. The summed E-state index contributed by atoms with van der Waals surface area (Å²) >= 11 is 0. The fourth-order valence-electron chi connectivity index (χ4n) is 4.83. The predicted molar refractivity (Wildman–Crippen MR) is 114 cm³/mol. The first-order valence-electron chi connectivity index (χ1n) is 10.7. The molecule has 0 aromatic carbocycles. The Kier molecular flexibility index (Phi) is 5.41. The van der Waals surface area contributed by atoms with Crippen LogP contribution in [0.25, 0.3) is 11.4 Å². The van der Waals surface area contributed by atoms with E-state index in [9.17, 15) is 22.4 Å². The molecular formula is C23H20F4N6O. The van der Waals surface area contributed by atoms with Crippen molar-refractivity contribution in [1.29, 1.82) is 0 Å². The maximum Gasteiger partial charge on any atom is 0.417 e. The smallest absolute Gasteiger partial charge is 0.365 e. The summed E-state index contributed by atoms with van der Waals surface area (Å²) < 4.78 is 51.8. The van der Waals surface area contributed by atoms with Gasteiger partial charge in [-0.25, -0.2) is 19.3 Å². The van der Waals surface area contributed by atoms with E-state index >= 15 is 0 Å². The van der Waals surface area contributed by atoms with Gasteiger partial charge in [0.15, 0.2) is 11.6 Å². The van der Waals surface area contributed by atoms with Crippen LogP contribution in [0.5, 0.6) is 0 Å². The highest BCUT2D eigenvalue weighted by Crippen LogP contribution is 2.40. The number of anilines is 1. The van der Waals surface area contributed by atoms with Gasteiger partial charge in [0.2, 0.25) is 0 Å². The van der Waals surface area contributed by atoms with Crippen LogP contribution in [0.2, 0.25) is 0 Å². The molecule has 3 aromatic rings. The molecule has 2 aliphatic rings. The van der Waals surface area contributed by atoms with Gasteiger partial charge in [0.25, 0.3) is 5.91 Å². The first-order chi connectivity index (χ1) is 16.2. The Labute approximate surface area is 192 Å². The molecular weight excluding hydrogens is 452 g/mol. The lowest BCUT2D eigenvalue weighted by Crippen LogP contribution is -2.48. The summed E-state index contributed by atoms with van der Waals surface area (Å²) in [4.78, 5) is 31.6. The lowest BCUT2D eigenvalue weighted by molar-refractivity contribution is -0.137. The van der Waals surface area contributed by atoms with Gasteiger partial charge in [-0.05, 0) is 49.4 Å². The van der Waals surface area contributed by atoms with E-state index in [0.29, 0.717) is 17.9 Å². The van der Waals surface area contributed by atoms with Crippen LogP contribution in [-0.4, -0.2) is 49.4 Å². The molecule has 7 nitrogen and oxygen atoms in total. The molecule has 11 heteroatoms. The number of aromatic nitrogens is 4. The number of hydrogen-bond donors (Lipinski definition) is 1. The zero-order valence-corrected chi connectivity index (χ0v) is 18.1. The van der Waals surface area contributed by atoms with E-state index in [0.717, 1.165) is 43.1 Å². The normalized spacial score (nSPS) is 21.7. The molecule has 1 N–H and O–H groups in total. The van der Waals surface area contributed by atoms with Crippen molar-refractivity contribution in [3.8, 4) is 11.4 Å². The summed E-state index contributed by atoms with van der Waals surface area (Å²) in [7, 11) is 0. The monoisotopic (exact) mass is 472 g/mol. The number of alkyl halides is 3. The summed E-state index contributed by atoms with van der Waals surface area (Å²) in [5, 5.41) is 3.19. The quantitative estimate of drug-likeness (QED) is 0.576. The van der Waals surface area contributed by atoms with E-state index in [4.69, 9.17) is 0 Å². The average molecular weight is 472 g/mol. The van der Waals surface area contributed by atoms with Crippen LogP contribution in [0.1, 0.15) is 34.5 Å². The van der Waals surface area contributed by atoms with E-state index in [1.165, 1.54) is 12.3 Å². The lowest BCUT2D eigenvalue weighted by atomic mass is 10.0. The zero-order valence-electron chi connectivity index (χ0n) is 18.1. The molecule has 4 heterocycles. The number of piperidine rings is 1. The molecule has 1 saturated heterocycles. The van der Waals surface area contributed by atoms with Gasteiger partial charge in [0.1, 0.15) is 11.5 Å². The largest absolute Gasteiger partial charge is 0.417 e. The minimum absolute atomic E-state index is 0.151. The van der Waals surface area contributed by atoms with Gasteiger partial charge in [-0.1, -0.05) is 0 Å². The molecule has 1 saturated carbocycles. The van der Waals surface area contributed by atoms with Crippen LogP contribution in [-0.2, 0) is 6.18 Å². The number of fused-ring (bicyclic) bond motifs is 2. The molecule has 2 bridgehead atoms. The van der Waals surface area contributed by atoms with Gasteiger partial charge in [0, 0.05) is 25.0 Å². The number of carbonyl (C=O) groups is 1. The third kappa shape index (κ3) is 4.06. The molecule has 0 spiro atoms. The molecule has 1 amide bonds. The summed E-state index contributed by atoms with van der Waals surface area (Å²) in [5.41, 5.74) is 0.552. The summed E-state index contributed by atoms with van der Waals surface area (Å²) in [6.45, 7) is 2.36. The van der Waals surface area contributed by atoms with Crippen molar-refractivity contribution in [2.75, 3.05) is 11.9 Å². The van der Waals surface area contributed by atoms with Gasteiger partial charge < -0.3 is 10.2 Å². The Morgan fingerprint density at radius 2 is 1.82 bits per heavy atom. The van der Waals surface area contributed by atoms with Crippen molar-refractivity contribution in [3.05, 3.63) is 65.6 Å².